The van der Waals surface area contributed by atoms with E-state index in [-0.39, 0.29) is 18.5 Å². The molecule has 0 radical (unpaired) electrons. The van der Waals surface area contributed by atoms with Crippen LogP contribution in [0.15, 0.2) is 24.3 Å². The minimum Gasteiger partial charge on any atom is -0.492 e. The third-order valence-corrected chi connectivity index (χ3v) is 5.06. The third-order valence-electron chi connectivity index (χ3n) is 3.65. The SMILES string of the molecule is Cc1nc2sc(C(c3ccccc3Cl)N(C)CCO)c(O)n2n1. The second-order valence-corrected chi connectivity index (χ2v) is 6.69. The van der Waals surface area contributed by atoms with Crippen LogP contribution in [0, 0.1) is 6.92 Å². The Morgan fingerprint density at radius 1 is 1.39 bits per heavy atom. The molecule has 2 aromatic heterocycles. The number of thiazole rings is 1. The Morgan fingerprint density at radius 3 is 2.78 bits per heavy atom. The van der Waals surface area contributed by atoms with Crippen molar-refractivity contribution in [3.63, 3.8) is 0 Å². The van der Waals surface area contributed by atoms with Gasteiger partial charge in [-0.25, -0.2) is 4.98 Å². The van der Waals surface area contributed by atoms with Gasteiger partial charge in [0.05, 0.1) is 17.5 Å². The molecule has 0 aliphatic heterocycles. The van der Waals surface area contributed by atoms with E-state index < -0.39 is 0 Å². The van der Waals surface area contributed by atoms with Gasteiger partial charge in [-0.05, 0) is 25.6 Å². The Morgan fingerprint density at radius 2 is 2.13 bits per heavy atom. The second kappa shape index (κ2) is 6.45. The first-order chi connectivity index (χ1) is 11.0. The van der Waals surface area contributed by atoms with Crippen LogP contribution in [-0.4, -0.2) is 49.9 Å². The fourth-order valence-corrected chi connectivity index (χ4v) is 4.01. The summed E-state index contributed by atoms with van der Waals surface area (Å²) in [5.41, 5.74) is 0.863. The molecule has 0 aliphatic carbocycles. The van der Waals surface area contributed by atoms with Crippen LogP contribution in [-0.2, 0) is 0 Å². The summed E-state index contributed by atoms with van der Waals surface area (Å²) in [6.45, 7) is 2.24. The summed E-state index contributed by atoms with van der Waals surface area (Å²) >= 11 is 7.73. The molecular weight excluding hydrogens is 336 g/mol. The van der Waals surface area contributed by atoms with Crippen LogP contribution in [0.4, 0.5) is 0 Å². The normalized spacial score (nSPS) is 13.1. The lowest BCUT2D eigenvalue weighted by molar-refractivity contribution is 0.196. The number of hydrogen-bond acceptors (Lipinski definition) is 6. The predicted molar refractivity (Wildman–Crippen MR) is 90.3 cm³/mol. The highest BCUT2D eigenvalue weighted by Gasteiger charge is 2.28. The smallest absolute Gasteiger partial charge is 0.230 e. The van der Waals surface area contributed by atoms with Crippen LogP contribution in [0.5, 0.6) is 5.88 Å². The molecule has 0 aliphatic rings. The van der Waals surface area contributed by atoms with E-state index in [1.54, 1.807) is 6.92 Å². The number of hydrogen-bond donors (Lipinski definition) is 2. The molecule has 122 valence electrons. The standard InChI is InChI=1S/C15H17ClN4O2S/c1-9-17-15-20(18-9)14(22)13(23-15)12(19(2)7-8-21)10-5-3-4-6-11(10)16/h3-6,12,21-22H,7-8H2,1-2H3. The van der Waals surface area contributed by atoms with Gasteiger partial charge in [-0.3, -0.25) is 4.90 Å². The topological polar surface area (TPSA) is 73.9 Å². The van der Waals surface area contributed by atoms with Gasteiger partial charge < -0.3 is 10.2 Å². The highest BCUT2D eigenvalue weighted by atomic mass is 35.5. The Balaban J connectivity index is 2.15. The van der Waals surface area contributed by atoms with E-state index in [1.807, 2.05) is 36.2 Å². The first kappa shape index (κ1) is 16.2. The maximum Gasteiger partial charge on any atom is 0.230 e. The Kier molecular flexibility index (Phi) is 4.54. The van der Waals surface area contributed by atoms with Gasteiger partial charge in [-0.2, -0.15) is 4.52 Å². The molecule has 1 unspecified atom stereocenters. The van der Waals surface area contributed by atoms with Gasteiger partial charge in [0.25, 0.3) is 0 Å². The zero-order valence-corrected chi connectivity index (χ0v) is 14.3. The molecule has 1 atom stereocenters. The summed E-state index contributed by atoms with van der Waals surface area (Å²) in [5, 5.41) is 24.7. The van der Waals surface area contributed by atoms with Gasteiger partial charge >= 0.3 is 0 Å². The van der Waals surface area contributed by atoms with Gasteiger partial charge in [0.1, 0.15) is 5.82 Å². The summed E-state index contributed by atoms with van der Waals surface area (Å²) < 4.78 is 1.44. The van der Waals surface area contributed by atoms with E-state index in [2.05, 4.69) is 10.1 Å². The molecule has 2 heterocycles. The lowest BCUT2D eigenvalue weighted by Gasteiger charge is -2.27. The molecule has 3 aromatic rings. The maximum atomic E-state index is 10.6. The summed E-state index contributed by atoms with van der Waals surface area (Å²) in [5.74, 6) is 0.663. The molecule has 8 heteroatoms. The van der Waals surface area contributed by atoms with Crippen molar-refractivity contribution in [2.45, 2.75) is 13.0 Å². The minimum atomic E-state index is -0.287. The molecular formula is C15H17ClN4O2S. The van der Waals surface area contributed by atoms with Gasteiger partial charge in [0.15, 0.2) is 0 Å². The average Bonchev–Trinajstić information content (AvgIpc) is 3.01. The summed E-state index contributed by atoms with van der Waals surface area (Å²) in [4.78, 5) is 7.58. The number of aliphatic hydroxyl groups is 1. The Bertz CT molecular complexity index is 832. The number of aliphatic hydroxyl groups excluding tert-OH is 1. The quantitative estimate of drug-likeness (QED) is 0.738. The van der Waals surface area contributed by atoms with Crippen LogP contribution in [0.3, 0.4) is 0 Å². The Hall–Kier alpha value is -1.67. The van der Waals surface area contributed by atoms with E-state index in [0.717, 1.165) is 5.56 Å². The molecule has 0 amide bonds. The van der Waals surface area contributed by atoms with Crippen LogP contribution in [0.1, 0.15) is 22.3 Å². The number of aromatic nitrogens is 3. The number of likely N-dealkylation sites (N-methyl/N-ethyl adjacent to an activating group) is 1. The maximum absolute atomic E-state index is 10.6. The summed E-state index contributed by atoms with van der Waals surface area (Å²) in [7, 11) is 1.88. The number of aromatic hydroxyl groups is 1. The molecule has 0 fully saturated rings. The van der Waals surface area contributed by atoms with Crippen molar-refractivity contribution in [3.05, 3.63) is 45.6 Å². The number of benzene rings is 1. The van der Waals surface area contributed by atoms with Crippen molar-refractivity contribution in [1.29, 1.82) is 0 Å². The number of rotatable bonds is 5. The lowest BCUT2D eigenvalue weighted by Crippen LogP contribution is -2.28. The highest BCUT2D eigenvalue weighted by Crippen LogP contribution is 2.41. The molecule has 0 bridgehead atoms. The summed E-state index contributed by atoms with van der Waals surface area (Å²) in [6.07, 6.45) is 0. The van der Waals surface area contributed by atoms with Gasteiger partial charge in [-0.15, -0.1) is 5.10 Å². The van der Waals surface area contributed by atoms with Gasteiger partial charge in [-0.1, -0.05) is 41.1 Å². The van der Waals surface area contributed by atoms with Crippen molar-refractivity contribution >= 4 is 27.9 Å². The minimum absolute atomic E-state index is 0.0120. The van der Waals surface area contributed by atoms with Crippen LogP contribution >= 0.6 is 22.9 Å². The third kappa shape index (κ3) is 2.92. The van der Waals surface area contributed by atoms with Crippen molar-refractivity contribution in [2.24, 2.45) is 0 Å². The molecule has 3 rings (SSSR count). The summed E-state index contributed by atoms with van der Waals surface area (Å²) in [6, 6.07) is 7.21. The zero-order valence-electron chi connectivity index (χ0n) is 12.8. The van der Waals surface area contributed by atoms with Crippen molar-refractivity contribution in [3.8, 4) is 5.88 Å². The Labute approximate surface area is 142 Å². The van der Waals surface area contributed by atoms with Gasteiger partial charge in [0.2, 0.25) is 10.8 Å². The van der Waals surface area contributed by atoms with E-state index in [0.29, 0.717) is 27.2 Å². The van der Waals surface area contributed by atoms with Gasteiger partial charge in [0, 0.05) is 11.6 Å². The van der Waals surface area contributed by atoms with Crippen molar-refractivity contribution in [2.75, 3.05) is 20.2 Å². The van der Waals surface area contributed by atoms with E-state index in [4.69, 9.17) is 11.6 Å². The van der Waals surface area contributed by atoms with E-state index in [9.17, 15) is 10.2 Å². The van der Waals surface area contributed by atoms with Crippen LogP contribution in [0.2, 0.25) is 5.02 Å². The van der Waals surface area contributed by atoms with E-state index >= 15 is 0 Å². The fraction of sp³-hybridized carbons (Fsp3) is 0.333. The first-order valence-electron chi connectivity index (χ1n) is 7.13. The van der Waals surface area contributed by atoms with Crippen LogP contribution < -0.4 is 0 Å². The molecule has 23 heavy (non-hydrogen) atoms. The average molecular weight is 353 g/mol. The van der Waals surface area contributed by atoms with Crippen LogP contribution in [0.25, 0.3) is 4.96 Å². The molecule has 0 saturated heterocycles. The predicted octanol–water partition coefficient (Wildman–Crippen LogP) is 2.47. The highest BCUT2D eigenvalue weighted by molar-refractivity contribution is 7.17. The molecule has 0 saturated carbocycles. The van der Waals surface area contributed by atoms with Crippen molar-refractivity contribution < 1.29 is 10.2 Å². The molecule has 0 spiro atoms. The molecule has 6 nitrogen and oxygen atoms in total. The van der Waals surface area contributed by atoms with Crippen molar-refractivity contribution in [1.82, 2.24) is 19.5 Å². The number of halogens is 1. The number of fused-ring (bicyclic) bond motifs is 1. The zero-order chi connectivity index (χ0) is 16.6. The fourth-order valence-electron chi connectivity index (χ4n) is 2.59. The molecule has 2 N–H and O–H groups in total. The van der Waals surface area contributed by atoms with E-state index in [1.165, 1.54) is 15.9 Å². The second-order valence-electron chi connectivity index (χ2n) is 5.27. The monoisotopic (exact) mass is 352 g/mol. The molecule has 1 aromatic carbocycles. The first-order valence-corrected chi connectivity index (χ1v) is 8.33. The largest absolute Gasteiger partial charge is 0.492 e. The number of nitrogens with zero attached hydrogens (tertiary/aromatic N) is 4. The lowest BCUT2D eigenvalue weighted by atomic mass is 10.0. The number of aryl methyl sites for hydroxylation is 1.